The quantitative estimate of drug-likeness (QED) is 0.669. The molecule has 0 radical (unpaired) electrons. The van der Waals surface area contributed by atoms with Crippen LogP contribution >= 0.6 is 12.2 Å². The number of aliphatic carboxylic acids is 1. The van der Waals surface area contributed by atoms with Crippen LogP contribution in [0.4, 0.5) is 0 Å². The number of methoxy groups -OCH3 is 1. The Morgan fingerprint density at radius 3 is 2.52 bits per heavy atom. The topological polar surface area (TPSA) is 63.6 Å². The van der Waals surface area contributed by atoms with Crippen molar-refractivity contribution in [2.24, 2.45) is 5.92 Å². The van der Waals surface area contributed by atoms with Crippen LogP contribution in [0.3, 0.4) is 0 Å². The summed E-state index contributed by atoms with van der Waals surface area (Å²) < 4.78 is 5.09. The minimum Gasteiger partial charge on any atom is -0.497 e. The van der Waals surface area contributed by atoms with Gasteiger partial charge in [0.1, 0.15) is 5.76 Å². The van der Waals surface area contributed by atoms with E-state index < -0.39 is 11.9 Å². The molecule has 0 aliphatic heterocycles. The monoisotopic (exact) mass is 302 g/mol. The van der Waals surface area contributed by atoms with Gasteiger partial charge < -0.3 is 9.84 Å². The lowest BCUT2D eigenvalue weighted by atomic mass is 9.87. The van der Waals surface area contributed by atoms with Gasteiger partial charge in [0.05, 0.1) is 12.7 Å². The largest absolute Gasteiger partial charge is 0.497 e. The number of Topliss-reactive ketones (excluding diaryl/α,β-unsaturated/α-hetero) is 1. The maximum absolute atomic E-state index is 12.2. The molecule has 0 fully saturated rings. The van der Waals surface area contributed by atoms with E-state index in [1.807, 2.05) is 6.07 Å². The number of carboxylic acid groups (broad SMARTS) is 1. The fourth-order valence-electron chi connectivity index (χ4n) is 2.12. The number of ether oxygens (including phenoxy) is 1. The molecule has 0 saturated heterocycles. The maximum Gasteiger partial charge on any atom is 0.336 e. The van der Waals surface area contributed by atoms with Crippen molar-refractivity contribution in [3.8, 4) is 0 Å². The molecule has 0 aromatic heterocycles. The lowest BCUT2D eigenvalue weighted by Crippen LogP contribution is -2.24. The summed E-state index contributed by atoms with van der Waals surface area (Å²) in [5.74, 6) is -1.23. The van der Waals surface area contributed by atoms with Crippen LogP contribution in [0.25, 0.3) is 0 Å². The zero-order chi connectivity index (χ0) is 15.4. The molecule has 1 atom stereocenters. The summed E-state index contributed by atoms with van der Waals surface area (Å²) in [7, 11) is 1.45. The number of benzene rings is 1. The van der Waals surface area contributed by atoms with Crippen LogP contribution in [-0.4, -0.2) is 28.8 Å². The maximum atomic E-state index is 12.2. The minimum absolute atomic E-state index is 0.00946. The van der Waals surface area contributed by atoms with Crippen molar-refractivity contribution in [2.45, 2.75) is 6.42 Å². The highest BCUT2D eigenvalue weighted by Gasteiger charge is 2.28. The molecule has 5 heteroatoms. The van der Waals surface area contributed by atoms with E-state index in [1.54, 1.807) is 30.3 Å². The molecule has 0 saturated carbocycles. The molecule has 1 aromatic rings. The van der Waals surface area contributed by atoms with Crippen LogP contribution in [0.2, 0.25) is 0 Å². The van der Waals surface area contributed by atoms with E-state index in [2.05, 4.69) is 0 Å². The van der Waals surface area contributed by atoms with Crippen molar-refractivity contribution in [3.05, 3.63) is 59.4 Å². The van der Waals surface area contributed by atoms with Crippen molar-refractivity contribution in [3.63, 3.8) is 0 Å². The molecule has 1 unspecified atom stereocenters. The molecule has 2 rings (SSSR count). The number of ketones is 1. The molecule has 4 nitrogen and oxygen atoms in total. The Labute approximate surface area is 127 Å². The molecule has 1 aliphatic rings. The predicted octanol–water partition coefficient (Wildman–Crippen LogP) is 2.80. The van der Waals surface area contributed by atoms with Crippen molar-refractivity contribution in [1.29, 1.82) is 0 Å². The van der Waals surface area contributed by atoms with Gasteiger partial charge in [-0.1, -0.05) is 42.5 Å². The molecular formula is C16H14O4S. The normalized spacial score (nSPS) is 17.8. The number of rotatable bonds is 5. The average Bonchev–Trinajstić information content (AvgIpc) is 2.49. The number of hydrogen-bond acceptors (Lipinski definition) is 4. The highest BCUT2D eigenvalue weighted by Crippen LogP contribution is 2.25. The highest BCUT2D eigenvalue weighted by molar-refractivity contribution is 7.81. The fraction of sp³-hybridized carbons (Fsp3) is 0.188. The SMILES string of the molecule is COC1=CC(CC(=O)c2ccccc2)C(=S)C(C(=O)O)=C1. The van der Waals surface area contributed by atoms with E-state index >= 15 is 0 Å². The minimum atomic E-state index is -1.11. The first-order chi connectivity index (χ1) is 10.0. The first-order valence-corrected chi connectivity index (χ1v) is 6.77. The number of allylic oxidation sites excluding steroid dienone is 2. The molecule has 21 heavy (non-hydrogen) atoms. The Hall–Kier alpha value is -2.27. The lowest BCUT2D eigenvalue weighted by molar-refractivity contribution is -0.132. The number of hydrogen-bond donors (Lipinski definition) is 1. The average molecular weight is 302 g/mol. The highest BCUT2D eigenvalue weighted by atomic mass is 32.1. The molecular weight excluding hydrogens is 288 g/mol. The van der Waals surface area contributed by atoms with Gasteiger partial charge in [-0.15, -0.1) is 0 Å². The van der Waals surface area contributed by atoms with Gasteiger partial charge in [0.25, 0.3) is 0 Å². The Balaban J connectivity index is 2.22. The van der Waals surface area contributed by atoms with Gasteiger partial charge in [0.2, 0.25) is 0 Å². The molecule has 1 aliphatic carbocycles. The number of carboxylic acids is 1. The van der Waals surface area contributed by atoms with Crippen LogP contribution in [0, 0.1) is 5.92 Å². The van der Waals surface area contributed by atoms with Gasteiger partial charge in [-0.05, 0) is 12.2 Å². The second-order valence-electron chi connectivity index (χ2n) is 4.60. The van der Waals surface area contributed by atoms with Crippen LogP contribution in [0.1, 0.15) is 16.8 Å². The van der Waals surface area contributed by atoms with Gasteiger partial charge in [-0.2, -0.15) is 0 Å². The second kappa shape index (κ2) is 6.45. The molecule has 108 valence electrons. The van der Waals surface area contributed by atoms with Crippen LogP contribution < -0.4 is 0 Å². The molecule has 0 heterocycles. The third kappa shape index (κ3) is 3.44. The predicted molar refractivity (Wildman–Crippen MR) is 82.3 cm³/mol. The zero-order valence-electron chi connectivity index (χ0n) is 11.4. The Morgan fingerprint density at radius 1 is 1.29 bits per heavy atom. The first-order valence-electron chi connectivity index (χ1n) is 6.36. The van der Waals surface area contributed by atoms with Crippen LogP contribution in [0.15, 0.2) is 53.8 Å². The third-order valence-corrected chi connectivity index (χ3v) is 3.74. The summed E-state index contributed by atoms with van der Waals surface area (Å²) in [6.45, 7) is 0. The molecule has 0 amide bonds. The van der Waals surface area contributed by atoms with E-state index in [0.717, 1.165) is 0 Å². The molecule has 1 aromatic carbocycles. The number of carbonyl (C=O) groups excluding carboxylic acids is 1. The van der Waals surface area contributed by atoms with E-state index in [4.69, 9.17) is 22.1 Å². The Bertz CT molecular complexity index is 644. The summed E-state index contributed by atoms with van der Waals surface area (Å²) in [6, 6.07) is 8.85. The summed E-state index contributed by atoms with van der Waals surface area (Å²) in [6.07, 6.45) is 3.20. The summed E-state index contributed by atoms with van der Waals surface area (Å²) >= 11 is 5.19. The van der Waals surface area contributed by atoms with Crippen molar-refractivity contribution in [1.82, 2.24) is 0 Å². The first kappa shape index (κ1) is 15.1. The van der Waals surface area contributed by atoms with Gasteiger partial charge in [0.15, 0.2) is 5.78 Å². The zero-order valence-corrected chi connectivity index (χ0v) is 12.2. The summed E-state index contributed by atoms with van der Waals surface area (Å²) in [5, 5.41) is 9.17. The second-order valence-corrected chi connectivity index (χ2v) is 5.04. The van der Waals surface area contributed by atoms with Gasteiger partial charge in [-0.3, -0.25) is 4.79 Å². The van der Waals surface area contributed by atoms with E-state index in [9.17, 15) is 9.59 Å². The summed E-state index contributed by atoms with van der Waals surface area (Å²) in [4.78, 5) is 23.7. The Morgan fingerprint density at radius 2 is 1.95 bits per heavy atom. The van der Waals surface area contributed by atoms with Gasteiger partial charge in [0, 0.05) is 22.8 Å². The molecule has 1 N–H and O–H groups in total. The van der Waals surface area contributed by atoms with Crippen LogP contribution in [0.5, 0.6) is 0 Å². The lowest BCUT2D eigenvalue weighted by Gasteiger charge is -2.20. The van der Waals surface area contributed by atoms with Crippen molar-refractivity contribution < 1.29 is 19.4 Å². The molecule has 0 spiro atoms. The fourth-order valence-corrected chi connectivity index (χ4v) is 2.42. The number of carbonyl (C=O) groups is 2. The summed E-state index contributed by atoms with van der Waals surface area (Å²) in [5.41, 5.74) is 0.592. The molecule has 0 bridgehead atoms. The smallest absolute Gasteiger partial charge is 0.336 e. The van der Waals surface area contributed by atoms with Crippen molar-refractivity contribution >= 4 is 28.8 Å². The van der Waals surface area contributed by atoms with Crippen LogP contribution in [-0.2, 0) is 9.53 Å². The van der Waals surface area contributed by atoms with Crippen molar-refractivity contribution in [2.75, 3.05) is 7.11 Å². The van der Waals surface area contributed by atoms with Gasteiger partial charge >= 0.3 is 5.97 Å². The standard InChI is InChI=1S/C16H14O4S/c1-20-12-7-11(15(21)13(9-12)16(18)19)8-14(17)10-5-3-2-4-6-10/h2-7,9,11H,8H2,1H3,(H,18,19). The number of thiocarbonyl (C=S) groups is 1. The van der Waals surface area contributed by atoms with Gasteiger partial charge in [-0.25, -0.2) is 4.79 Å². The van der Waals surface area contributed by atoms with E-state index in [1.165, 1.54) is 13.2 Å². The Kier molecular flexibility index (Phi) is 4.65. The van der Waals surface area contributed by atoms with E-state index in [0.29, 0.717) is 11.3 Å². The van der Waals surface area contributed by atoms with E-state index in [-0.39, 0.29) is 22.6 Å². The third-order valence-electron chi connectivity index (χ3n) is 3.22.